The van der Waals surface area contributed by atoms with Crippen molar-refractivity contribution in [3.05, 3.63) is 0 Å². The Bertz CT molecular complexity index is 666. The molecule has 4 atom stereocenters. The normalized spacial score (nSPS) is 29.3. The monoisotopic (exact) mass is 314 g/mol. The summed E-state index contributed by atoms with van der Waals surface area (Å²) in [6.45, 7) is -0.422. The summed E-state index contributed by atoms with van der Waals surface area (Å²) in [5.74, 6) is 0.0437. The molecule has 10 nitrogen and oxygen atoms in total. The molecule has 21 heavy (non-hydrogen) atoms. The molecule has 114 valence electrons. The van der Waals surface area contributed by atoms with Gasteiger partial charge in [0.05, 0.1) is 6.61 Å². The first-order chi connectivity index (χ1) is 10.1. The van der Waals surface area contributed by atoms with Gasteiger partial charge < -0.3 is 25.8 Å². The Morgan fingerprint density at radius 2 is 2.10 bits per heavy atom. The van der Waals surface area contributed by atoms with Gasteiger partial charge >= 0.3 is 0 Å². The van der Waals surface area contributed by atoms with Crippen molar-refractivity contribution in [2.75, 3.05) is 18.6 Å². The summed E-state index contributed by atoms with van der Waals surface area (Å²) >= 11 is 1.34. The molecule has 3 heterocycles. The number of nitrogens with two attached hydrogens (primary N) is 1. The SMILES string of the molecule is CSc1nc(N)nc2c1nnn2[C@@H]1O[C@H](CO)[C@@H](O)[C@H]1O. The minimum Gasteiger partial charge on any atom is -0.394 e. The van der Waals surface area contributed by atoms with E-state index in [0.717, 1.165) is 0 Å². The van der Waals surface area contributed by atoms with Crippen molar-refractivity contribution in [3.63, 3.8) is 0 Å². The Balaban J connectivity index is 2.07. The topological polar surface area (TPSA) is 152 Å². The van der Waals surface area contributed by atoms with Crippen LogP contribution in [0.5, 0.6) is 0 Å². The number of aliphatic hydroxyl groups excluding tert-OH is 3. The average molecular weight is 314 g/mol. The van der Waals surface area contributed by atoms with Crippen LogP contribution in [0.25, 0.3) is 11.2 Å². The van der Waals surface area contributed by atoms with Crippen LogP contribution in [0, 0.1) is 0 Å². The van der Waals surface area contributed by atoms with E-state index in [-0.39, 0.29) is 5.95 Å². The summed E-state index contributed by atoms with van der Waals surface area (Å²) < 4.78 is 6.64. The highest BCUT2D eigenvalue weighted by molar-refractivity contribution is 7.98. The fourth-order valence-corrected chi connectivity index (χ4v) is 2.73. The van der Waals surface area contributed by atoms with Gasteiger partial charge in [-0.3, -0.25) is 0 Å². The Labute approximate surface area is 122 Å². The second-order valence-electron chi connectivity index (χ2n) is 4.53. The van der Waals surface area contributed by atoms with Crippen molar-refractivity contribution >= 4 is 28.9 Å². The maximum absolute atomic E-state index is 10.0. The molecule has 0 amide bonds. The molecule has 2 aromatic rings. The van der Waals surface area contributed by atoms with E-state index in [4.69, 9.17) is 15.6 Å². The Hall–Kier alpha value is -1.53. The zero-order valence-electron chi connectivity index (χ0n) is 11.0. The first-order valence-electron chi connectivity index (χ1n) is 6.11. The number of fused-ring (bicyclic) bond motifs is 1. The van der Waals surface area contributed by atoms with Gasteiger partial charge in [0, 0.05) is 0 Å². The van der Waals surface area contributed by atoms with Crippen LogP contribution in [-0.2, 0) is 4.74 Å². The number of rotatable bonds is 3. The number of anilines is 1. The minimum absolute atomic E-state index is 0.0437. The molecule has 1 saturated heterocycles. The van der Waals surface area contributed by atoms with E-state index in [1.54, 1.807) is 0 Å². The van der Waals surface area contributed by atoms with Gasteiger partial charge in [-0.05, 0) is 6.26 Å². The molecule has 5 N–H and O–H groups in total. The number of nitrogens with zero attached hydrogens (tertiary/aromatic N) is 5. The molecular weight excluding hydrogens is 300 g/mol. The second-order valence-corrected chi connectivity index (χ2v) is 5.32. The lowest BCUT2D eigenvalue weighted by Crippen LogP contribution is -2.33. The zero-order chi connectivity index (χ0) is 15.1. The van der Waals surface area contributed by atoms with E-state index < -0.39 is 31.1 Å². The minimum atomic E-state index is -1.26. The molecule has 1 aliphatic rings. The van der Waals surface area contributed by atoms with Gasteiger partial charge in [0.2, 0.25) is 5.95 Å². The lowest BCUT2D eigenvalue weighted by atomic mass is 10.1. The zero-order valence-corrected chi connectivity index (χ0v) is 11.8. The predicted molar refractivity (Wildman–Crippen MR) is 72.3 cm³/mol. The van der Waals surface area contributed by atoms with Gasteiger partial charge in [0.1, 0.15) is 23.3 Å². The number of thioether (sulfide) groups is 1. The lowest BCUT2D eigenvalue weighted by molar-refractivity contribution is -0.0574. The third-order valence-corrected chi connectivity index (χ3v) is 3.93. The van der Waals surface area contributed by atoms with E-state index in [9.17, 15) is 10.2 Å². The Morgan fingerprint density at radius 3 is 2.71 bits per heavy atom. The molecule has 2 aromatic heterocycles. The summed E-state index contributed by atoms with van der Waals surface area (Å²) in [6, 6.07) is 0. The molecule has 0 unspecified atom stereocenters. The fraction of sp³-hybridized carbons (Fsp3) is 0.600. The Kier molecular flexibility index (Phi) is 3.67. The largest absolute Gasteiger partial charge is 0.394 e. The van der Waals surface area contributed by atoms with Crippen molar-refractivity contribution in [3.8, 4) is 0 Å². The van der Waals surface area contributed by atoms with Crippen LogP contribution in [0.2, 0.25) is 0 Å². The summed E-state index contributed by atoms with van der Waals surface area (Å²) in [5, 5.41) is 37.4. The van der Waals surface area contributed by atoms with Crippen LogP contribution >= 0.6 is 11.8 Å². The molecule has 3 rings (SSSR count). The number of hydrogen-bond acceptors (Lipinski definition) is 10. The maximum Gasteiger partial charge on any atom is 0.223 e. The highest BCUT2D eigenvalue weighted by Crippen LogP contribution is 2.31. The van der Waals surface area contributed by atoms with E-state index in [2.05, 4.69) is 20.3 Å². The van der Waals surface area contributed by atoms with Crippen molar-refractivity contribution in [1.82, 2.24) is 25.0 Å². The summed E-state index contributed by atoms with van der Waals surface area (Å²) in [6.07, 6.45) is -2.58. The van der Waals surface area contributed by atoms with Gasteiger partial charge in [0.15, 0.2) is 17.4 Å². The number of aromatic nitrogens is 5. The quantitative estimate of drug-likeness (QED) is 0.374. The van der Waals surface area contributed by atoms with Gasteiger partial charge in [-0.2, -0.15) is 9.67 Å². The molecule has 0 radical (unpaired) electrons. The third kappa shape index (κ3) is 2.22. The van der Waals surface area contributed by atoms with E-state index >= 15 is 0 Å². The van der Waals surface area contributed by atoms with Gasteiger partial charge in [-0.25, -0.2) is 4.98 Å². The maximum atomic E-state index is 10.0. The first kappa shape index (κ1) is 14.4. The first-order valence-corrected chi connectivity index (χ1v) is 7.34. The van der Waals surface area contributed by atoms with Crippen LogP contribution in [0.3, 0.4) is 0 Å². The number of hydrogen-bond donors (Lipinski definition) is 4. The lowest BCUT2D eigenvalue weighted by Gasteiger charge is -2.14. The predicted octanol–water partition coefficient (Wildman–Crippen LogP) is -1.86. The highest BCUT2D eigenvalue weighted by atomic mass is 32.2. The van der Waals surface area contributed by atoms with Crippen molar-refractivity contribution in [2.45, 2.75) is 29.6 Å². The van der Waals surface area contributed by atoms with Gasteiger partial charge in [-0.15, -0.1) is 16.9 Å². The van der Waals surface area contributed by atoms with Crippen LogP contribution in [-0.4, -0.2) is 71.5 Å². The highest BCUT2D eigenvalue weighted by Gasteiger charge is 2.44. The molecular formula is C10H14N6O4S. The molecule has 0 bridgehead atoms. The standard InChI is InChI=1S/C10H14N6O4S/c1-21-8-4-7(12-10(11)13-8)16(15-14-4)9-6(19)5(18)3(2-17)20-9/h3,5-6,9,17-19H,2H2,1H3,(H2,11,12,13)/t3-,5-,6-,9-/m1/s1. The third-order valence-electron chi connectivity index (χ3n) is 3.26. The van der Waals surface area contributed by atoms with Crippen LogP contribution in [0.4, 0.5) is 5.95 Å². The Morgan fingerprint density at radius 1 is 1.33 bits per heavy atom. The van der Waals surface area contributed by atoms with E-state index in [0.29, 0.717) is 16.2 Å². The van der Waals surface area contributed by atoms with Crippen LogP contribution in [0.15, 0.2) is 5.03 Å². The molecule has 1 fully saturated rings. The molecule has 0 saturated carbocycles. The van der Waals surface area contributed by atoms with Gasteiger partial charge in [-0.1, -0.05) is 5.21 Å². The number of nitrogen functional groups attached to an aromatic ring is 1. The van der Waals surface area contributed by atoms with Crippen LogP contribution < -0.4 is 5.73 Å². The summed E-state index contributed by atoms with van der Waals surface area (Å²) in [5.41, 5.74) is 6.36. The average Bonchev–Trinajstić information content (AvgIpc) is 3.01. The van der Waals surface area contributed by atoms with Crippen LogP contribution in [0.1, 0.15) is 6.23 Å². The second kappa shape index (κ2) is 5.35. The van der Waals surface area contributed by atoms with Crippen molar-refractivity contribution in [2.24, 2.45) is 0 Å². The molecule has 0 aromatic carbocycles. The molecule has 0 spiro atoms. The van der Waals surface area contributed by atoms with E-state index in [1.165, 1.54) is 16.4 Å². The fourth-order valence-electron chi connectivity index (χ4n) is 2.22. The molecule has 1 aliphatic heterocycles. The van der Waals surface area contributed by atoms with Crippen molar-refractivity contribution in [1.29, 1.82) is 0 Å². The van der Waals surface area contributed by atoms with E-state index in [1.807, 2.05) is 6.26 Å². The van der Waals surface area contributed by atoms with Gasteiger partial charge in [0.25, 0.3) is 0 Å². The number of ether oxygens (including phenoxy) is 1. The molecule has 0 aliphatic carbocycles. The smallest absolute Gasteiger partial charge is 0.223 e. The summed E-state index contributed by atoms with van der Waals surface area (Å²) in [7, 11) is 0. The molecule has 11 heteroatoms. The van der Waals surface area contributed by atoms with Crippen molar-refractivity contribution < 1.29 is 20.1 Å². The summed E-state index contributed by atoms with van der Waals surface area (Å²) in [4.78, 5) is 8.10. The number of aliphatic hydroxyl groups is 3.